The van der Waals surface area contributed by atoms with Crippen molar-refractivity contribution in [3.8, 4) is 23.1 Å². The average Bonchev–Trinajstić information content (AvgIpc) is 3.64. The van der Waals surface area contributed by atoms with Gasteiger partial charge in [-0.3, -0.25) is 4.90 Å². The van der Waals surface area contributed by atoms with Gasteiger partial charge in [0.15, 0.2) is 0 Å². The van der Waals surface area contributed by atoms with Gasteiger partial charge in [-0.15, -0.1) is 0 Å². The molecule has 1 heterocycles. The number of rotatable bonds is 12. The zero-order valence-corrected chi connectivity index (χ0v) is 19.6. The van der Waals surface area contributed by atoms with E-state index in [2.05, 4.69) is 4.90 Å². The second kappa shape index (κ2) is 10.8. The van der Waals surface area contributed by atoms with Crippen LogP contribution in [0.2, 0.25) is 0 Å². The van der Waals surface area contributed by atoms with Gasteiger partial charge in [-0.05, 0) is 51.0 Å². The molecule has 176 valence electrons. The molecule has 1 N–H and O–H groups in total. The molecule has 1 aliphatic carbocycles. The Kier molecular flexibility index (Phi) is 7.65. The Labute approximate surface area is 195 Å². The van der Waals surface area contributed by atoms with Crippen LogP contribution in [0, 0.1) is 6.92 Å². The van der Waals surface area contributed by atoms with E-state index in [1.807, 2.05) is 73.1 Å². The summed E-state index contributed by atoms with van der Waals surface area (Å²) in [5.41, 5.74) is 2.85. The summed E-state index contributed by atoms with van der Waals surface area (Å²) in [5.74, 6) is 2.09. The van der Waals surface area contributed by atoms with Gasteiger partial charge >= 0.3 is 0 Å². The number of aliphatic hydroxyl groups is 1. The van der Waals surface area contributed by atoms with Crippen molar-refractivity contribution >= 4 is 0 Å². The van der Waals surface area contributed by atoms with E-state index in [1.165, 1.54) is 0 Å². The first-order valence-corrected chi connectivity index (χ1v) is 11.5. The molecule has 7 heteroatoms. The predicted molar refractivity (Wildman–Crippen MR) is 127 cm³/mol. The monoisotopic (exact) mass is 451 g/mol. The molecule has 7 nitrogen and oxygen atoms in total. The highest BCUT2D eigenvalue weighted by Gasteiger charge is 2.32. The maximum Gasteiger partial charge on any atom is 0.227 e. The predicted octanol–water partition coefficient (Wildman–Crippen LogP) is 4.34. The van der Waals surface area contributed by atoms with E-state index < -0.39 is 6.10 Å². The molecule has 0 amide bonds. The van der Waals surface area contributed by atoms with E-state index in [4.69, 9.17) is 19.3 Å². The Morgan fingerprint density at radius 3 is 2.58 bits per heavy atom. The summed E-state index contributed by atoms with van der Waals surface area (Å²) in [7, 11) is 1.64. The van der Waals surface area contributed by atoms with Crippen molar-refractivity contribution in [1.29, 1.82) is 0 Å². The molecule has 3 aromatic rings. The number of ether oxygens (including phenoxy) is 3. The maximum absolute atomic E-state index is 10.5. The van der Waals surface area contributed by atoms with Crippen LogP contribution in [0.3, 0.4) is 0 Å². The van der Waals surface area contributed by atoms with Gasteiger partial charge in [-0.1, -0.05) is 24.3 Å². The summed E-state index contributed by atoms with van der Waals surface area (Å²) in [5, 5.41) is 15.3. The molecule has 0 radical (unpaired) electrons. The smallest absolute Gasteiger partial charge is 0.227 e. The Bertz CT molecular complexity index is 1030. The summed E-state index contributed by atoms with van der Waals surface area (Å²) in [6.07, 6.45) is 1.75. The Morgan fingerprint density at radius 1 is 1.12 bits per heavy atom. The number of aliphatic hydroxyl groups excluding tert-OH is 1. The molecular formula is C26H33N3O4. The van der Waals surface area contributed by atoms with E-state index in [0.29, 0.717) is 44.0 Å². The number of aryl methyl sites for hydroxylation is 1. The fourth-order valence-electron chi connectivity index (χ4n) is 3.91. The molecule has 1 fully saturated rings. The van der Waals surface area contributed by atoms with E-state index >= 15 is 0 Å². The van der Waals surface area contributed by atoms with Gasteiger partial charge in [0.1, 0.15) is 11.5 Å². The van der Waals surface area contributed by atoms with Crippen molar-refractivity contribution < 1.29 is 19.3 Å². The van der Waals surface area contributed by atoms with Crippen molar-refractivity contribution in [2.24, 2.45) is 0 Å². The molecule has 0 spiro atoms. The second-order valence-electron chi connectivity index (χ2n) is 8.37. The number of para-hydroxylation sites is 1. The number of methoxy groups -OCH3 is 1. The zero-order chi connectivity index (χ0) is 23.2. The molecule has 1 atom stereocenters. The van der Waals surface area contributed by atoms with Crippen LogP contribution >= 0.6 is 0 Å². The minimum absolute atomic E-state index is 0.342. The third-order valence-corrected chi connectivity index (χ3v) is 5.78. The van der Waals surface area contributed by atoms with Crippen LogP contribution in [-0.2, 0) is 11.3 Å². The Balaban J connectivity index is 1.66. The number of hydrogen-bond acceptors (Lipinski definition) is 6. The van der Waals surface area contributed by atoms with Gasteiger partial charge < -0.3 is 19.3 Å². The summed E-state index contributed by atoms with van der Waals surface area (Å²) in [6.45, 7) is 6.09. The molecule has 1 unspecified atom stereocenters. The first-order valence-electron chi connectivity index (χ1n) is 11.5. The highest BCUT2D eigenvalue weighted by atomic mass is 16.5. The van der Waals surface area contributed by atoms with Crippen molar-refractivity contribution in [3.05, 3.63) is 65.9 Å². The van der Waals surface area contributed by atoms with Crippen molar-refractivity contribution in [2.45, 2.75) is 45.4 Å². The van der Waals surface area contributed by atoms with Gasteiger partial charge in [0.05, 0.1) is 36.8 Å². The number of hydrogen-bond donors (Lipinski definition) is 1. The second-order valence-corrected chi connectivity index (χ2v) is 8.37. The highest BCUT2D eigenvalue weighted by Crippen LogP contribution is 2.35. The van der Waals surface area contributed by atoms with Crippen LogP contribution in [0.5, 0.6) is 17.4 Å². The van der Waals surface area contributed by atoms with Gasteiger partial charge in [-0.25, -0.2) is 4.68 Å². The van der Waals surface area contributed by atoms with Crippen LogP contribution in [-0.4, -0.2) is 58.8 Å². The first-order chi connectivity index (χ1) is 16.1. The molecule has 4 rings (SSSR count). The Hall–Kier alpha value is -2.87. The molecule has 1 saturated carbocycles. The SMILES string of the molecule is CCOCC(O)CN(Cc1c(C)nn(-c2ccccc2)c1Oc1cccc(OC)c1)C1CC1. The van der Waals surface area contributed by atoms with Crippen LogP contribution < -0.4 is 9.47 Å². The van der Waals surface area contributed by atoms with Crippen LogP contribution in [0.4, 0.5) is 0 Å². The highest BCUT2D eigenvalue weighted by molar-refractivity contribution is 5.44. The largest absolute Gasteiger partial charge is 0.497 e. The fourth-order valence-corrected chi connectivity index (χ4v) is 3.91. The van der Waals surface area contributed by atoms with E-state index in [9.17, 15) is 5.11 Å². The number of nitrogens with zero attached hydrogens (tertiary/aromatic N) is 3. The molecule has 1 aliphatic rings. The summed E-state index contributed by atoms with van der Waals surface area (Å²) < 4.78 is 19.1. The molecular weight excluding hydrogens is 418 g/mol. The van der Waals surface area contributed by atoms with E-state index in [0.717, 1.165) is 35.5 Å². The molecule has 1 aromatic heterocycles. The third kappa shape index (κ3) is 5.93. The lowest BCUT2D eigenvalue weighted by Crippen LogP contribution is -2.36. The van der Waals surface area contributed by atoms with Crippen LogP contribution in [0.15, 0.2) is 54.6 Å². The molecule has 0 bridgehead atoms. The van der Waals surface area contributed by atoms with E-state index in [-0.39, 0.29) is 0 Å². The zero-order valence-electron chi connectivity index (χ0n) is 19.6. The summed E-state index contributed by atoms with van der Waals surface area (Å²) in [4.78, 5) is 2.32. The lowest BCUT2D eigenvalue weighted by Gasteiger charge is -2.25. The van der Waals surface area contributed by atoms with Crippen LogP contribution in [0.1, 0.15) is 31.0 Å². The molecule has 0 aliphatic heterocycles. The van der Waals surface area contributed by atoms with Crippen molar-refractivity contribution in [3.63, 3.8) is 0 Å². The van der Waals surface area contributed by atoms with Gasteiger partial charge in [0, 0.05) is 31.8 Å². The van der Waals surface area contributed by atoms with Crippen molar-refractivity contribution in [2.75, 3.05) is 26.9 Å². The minimum Gasteiger partial charge on any atom is -0.497 e. The summed E-state index contributed by atoms with van der Waals surface area (Å²) in [6, 6.07) is 18.0. The first kappa shape index (κ1) is 23.3. The Morgan fingerprint density at radius 2 is 1.88 bits per heavy atom. The lowest BCUT2D eigenvalue weighted by molar-refractivity contribution is 0.0177. The van der Waals surface area contributed by atoms with Crippen LogP contribution in [0.25, 0.3) is 5.69 Å². The standard InChI is InChI=1S/C26H33N3O4/c1-4-32-18-22(30)16-28(20-13-14-20)17-25-19(2)27-29(21-9-6-5-7-10-21)26(25)33-24-12-8-11-23(15-24)31-3/h5-12,15,20,22,30H,4,13-14,16-18H2,1-3H3. The van der Waals surface area contributed by atoms with Gasteiger partial charge in [-0.2, -0.15) is 5.10 Å². The van der Waals surface area contributed by atoms with Crippen molar-refractivity contribution in [1.82, 2.24) is 14.7 Å². The van der Waals surface area contributed by atoms with Gasteiger partial charge in [0.25, 0.3) is 0 Å². The molecule has 2 aromatic carbocycles. The normalized spacial score (nSPS) is 14.5. The summed E-state index contributed by atoms with van der Waals surface area (Å²) >= 11 is 0. The molecule has 0 saturated heterocycles. The number of aromatic nitrogens is 2. The number of benzene rings is 2. The molecule has 33 heavy (non-hydrogen) atoms. The van der Waals surface area contributed by atoms with Gasteiger partial charge in [0.2, 0.25) is 5.88 Å². The third-order valence-electron chi connectivity index (χ3n) is 5.78. The quantitative estimate of drug-likeness (QED) is 0.442. The average molecular weight is 452 g/mol. The topological polar surface area (TPSA) is 69.0 Å². The fraction of sp³-hybridized carbons (Fsp3) is 0.423. The lowest BCUT2D eigenvalue weighted by atomic mass is 10.2. The maximum atomic E-state index is 10.5. The van der Waals surface area contributed by atoms with E-state index in [1.54, 1.807) is 7.11 Å². The minimum atomic E-state index is -0.530.